The molecule has 0 spiro atoms. The van der Waals surface area contributed by atoms with Crippen molar-refractivity contribution in [2.24, 2.45) is 0 Å². The SMILES string of the molecule is CCc1cc(F)cc(Cc2ncc[nH]2)c1.CCc1sccc1[B]CCC=CCCc1ccccc1. The Labute approximate surface area is 214 Å². The summed E-state index contributed by atoms with van der Waals surface area (Å²) in [5.74, 6) is 0.693. The van der Waals surface area contributed by atoms with Gasteiger partial charge in [-0.05, 0) is 71.2 Å². The number of hydrogen-bond donors (Lipinski definition) is 1. The molecule has 0 saturated carbocycles. The predicted octanol–water partition coefficient (Wildman–Crippen LogP) is 7.34. The predicted molar refractivity (Wildman–Crippen MR) is 150 cm³/mol. The van der Waals surface area contributed by atoms with Gasteiger partial charge < -0.3 is 4.98 Å². The quantitative estimate of drug-likeness (QED) is 0.134. The summed E-state index contributed by atoms with van der Waals surface area (Å²) < 4.78 is 13.2. The molecule has 0 saturated heterocycles. The van der Waals surface area contributed by atoms with E-state index in [1.54, 1.807) is 24.5 Å². The Kier molecular flexibility index (Phi) is 11.6. The van der Waals surface area contributed by atoms with Crippen LogP contribution >= 0.6 is 11.3 Å². The van der Waals surface area contributed by atoms with E-state index in [-0.39, 0.29) is 5.82 Å². The topological polar surface area (TPSA) is 28.7 Å². The van der Waals surface area contributed by atoms with E-state index in [1.165, 1.54) is 15.9 Å². The minimum Gasteiger partial charge on any atom is -0.348 e. The summed E-state index contributed by atoms with van der Waals surface area (Å²) in [6, 6.07) is 18.1. The van der Waals surface area contributed by atoms with Gasteiger partial charge in [-0.25, -0.2) is 9.37 Å². The molecule has 4 aromatic rings. The minimum atomic E-state index is -0.170. The third kappa shape index (κ3) is 9.69. The summed E-state index contributed by atoms with van der Waals surface area (Å²) in [6.07, 6.45) is 15.3. The van der Waals surface area contributed by atoms with E-state index < -0.39 is 0 Å². The van der Waals surface area contributed by atoms with Crippen molar-refractivity contribution in [3.63, 3.8) is 0 Å². The number of nitrogens with one attached hydrogen (secondary N) is 1. The van der Waals surface area contributed by atoms with Gasteiger partial charge in [-0.2, -0.15) is 0 Å². The summed E-state index contributed by atoms with van der Waals surface area (Å²) in [5.41, 5.74) is 4.85. The van der Waals surface area contributed by atoms with Gasteiger partial charge in [0.05, 0.1) is 0 Å². The van der Waals surface area contributed by atoms with Gasteiger partial charge in [0.15, 0.2) is 7.28 Å². The molecule has 35 heavy (non-hydrogen) atoms. The molecule has 1 radical (unpaired) electrons. The first-order valence-corrected chi connectivity index (χ1v) is 13.4. The summed E-state index contributed by atoms with van der Waals surface area (Å²) in [7, 11) is 2.37. The zero-order valence-electron chi connectivity index (χ0n) is 20.8. The van der Waals surface area contributed by atoms with Crippen LogP contribution in [0.1, 0.15) is 54.1 Å². The summed E-state index contributed by atoms with van der Waals surface area (Å²) in [5, 5.41) is 2.19. The van der Waals surface area contributed by atoms with Crippen molar-refractivity contribution in [3.05, 3.63) is 118 Å². The van der Waals surface area contributed by atoms with Crippen LogP contribution in [0.2, 0.25) is 6.32 Å². The summed E-state index contributed by atoms with van der Waals surface area (Å²) >= 11 is 1.87. The molecule has 5 heteroatoms. The smallest absolute Gasteiger partial charge is 0.153 e. The van der Waals surface area contributed by atoms with E-state index in [1.807, 2.05) is 24.3 Å². The number of halogens is 1. The number of allylic oxidation sites excluding steroid dienone is 2. The Hall–Kier alpha value is -2.92. The zero-order valence-corrected chi connectivity index (χ0v) is 21.7. The van der Waals surface area contributed by atoms with Crippen LogP contribution in [0.15, 0.2) is 84.5 Å². The monoisotopic (exact) mass is 485 g/mol. The van der Waals surface area contributed by atoms with Crippen molar-refractivity contribution in [2.45, 2.75) is 58.7 Å². The number of aryl methyl sites for hydroxylation is 3. The molecule has 0 atom stereocenters. The molecule has 4 rings (SSSR count). The molecule has 0 unspecified atom stereocenters. The minimum absolute atomic E-state index is 0.170. The number of aromatic nitrogens is 2. The van der Waals surface area contributed by atoms with Crippen LogP contribution in [0.5, 0.6) is 0 Å². The fraction of sp³-hybridized carbons (Fsp3) is 0.300. The average molecular weight is 486 g/mol. The number of hydrogen-bond acceptors (Lipinski definition) is 2. The van der Waals surface area contributed by atoms with Crippen molar-refractivity contribution in [1.82, 2.24) is 9.97 Å². The van der Waals surface area contributed by atoms with Gasteiger partial charge in [-0.3, -0.25) is 0 Å². The van der Waals surface area contributed by atoms with Gasteiger partial charge in [0.25, 0.3) is 0 Å². The second-order valence-corrected chi connectivity index (χ2v) is 9.46. The van der Waals surface area contributed by atoms with Crippen molar-refractivity contribution in [2.75, 3.05) is 0 Å². The molecule has 0 aliphatic heterocycles. The van der Waals surface area contributed by atoms with E-state index in [4.69, 9.17) is 0 Å². The molecule has 0 fully saturated rings. The van der Waals surface area contributed by atoms with Gasteiger partial charge in [0.2, 0.25) is 0 Å². The third-order valence-electron chi connectivity index (χ3n) is 5.76. The Morgan fingerprint density at radius 1 is 0.943 bits per heavy atom. The highest BCUT2D eigenvalue weighted by atomic mass is 32.1. The first-order chi connectivity index (χ1) is 17.2. The van der Waals surface area contributed by atoms with Crippen molar-refractivity contribution < 1.29 is 4.39 Å². The van der Waals surface area contributed by atoms with Gasteiger partial charge in [-0.1, -0.05) is 80.2 Å². The molecule has 0 aliphatic rings. The fourth-order valence-electron chi connectivity index (χ4n) is 3.90. The maximum Gasteiger partial charge on any atom is 0.153 e. The molecule has 2 aromatic heterocycles. The first kappa shape index (κ1) is 26.7. The highest BCUT2D eigenvalue weighted by Gasteiger charge is 2.03. The molecule has 181 valence electrons. The Bertz CT molecular complexity index is 1140. The Morgan fingerprint density at radius 3 is 2.49 bits per heavy atom. The van der Waals surface area contributed by atoms with Crippen molar-refractivity contribution in [3.8, 4) is 0 Å². The van der Waals surface area contributed by atoms with Gasteiger partial charge in [0, 0.05) is 18.8 Å². The average Bonchev–Trinajstić information content (AvgIpc) is 3.56. The maximum atomic E-state index is 13.2. The van der Waals surface area contributed by atoms with E-state index in [2.05, 4.69) is 78.1 Å². The molecule has 2 aromatic carbocycles. The van der Waals surface area contributed by atoms with Crippen LogP contribution in [0.4, 0.5) is 4.39 Å². The van der Waals surface area contributed by atoms with Crippen LogP contribution in [0.25, 0.3) is 0 Å². The number of benzene rings is 2. The Morgan fingerprint density at radius 2 is 1.74 bits per heavy atom. The fourth-order valence-corrected chi connectivity index (χ4v) is 4.73. The highest BCUT2D eigenvalue weighted by Crippen LogP contribution is 2.12. The van der Waals surface area contributed by atoms with Gasteiger partial charge >= 0.3 is 0 Å². The number of rotatable bonds is 11. The maximum absolute atomic E-state index is 13.2. The van der Waals surface area contributed by atoms with Crippen LogP contribution in [0, 0.1) is 5.82 Å². The summed E-state index contributed by atoms with van der Waals surface area (Å²) in [6.45, 7) is 4.25. The number of thiophene rings is 1. The molecule has 2 nitrogen and oxygen atoms in total. The lowest BCUT2D eigenvalue weighted by Crippen LogP contribution is -2.14. The van der Waals surface area contributed by atoms with Crippen molar-refractivity contribution in [1.29, 1.82) is 0 Å². The van der Waals surface area contributed by atoms with E-state index in [0.29, 0.717) is 6.42 Å². The molecule has 0 bridgehead atoms. The van der Waals surface area contributed by atoms with E-state index in [0.717, 1.165) is 55.4 Å². The van der Waals surface area contributed by atoms with E-state index in [9.17, 15) is 4.39 Å². The van der Waals surface area contributed by atoms with Gasteiger partial charge in [0.1, 0.15) is 11.6 Å². The lowest BCUT2D eigenvalue weighted by atomic mass is 9.66. The standard InChI is InChI=1S/C18H22BS.C12H13FN2/c1-2-18-17(13-15-20-18)19-14-9-4-3-6-10-16-11-7-5-8-12-16;1-2-9-5-10(7-11(13)6-9)8-12-14-3-4-15-12/h3-5,7-8,11-13,15H,2,6,9-10,14H2,1H3;3-7H,2,8H2,1H3,(H,14,15). The lowest BCUT2D eigenvalue weighted by molar-refractivity contribution is 0.623. The summed E-state index contributed by atoms with van der Waals surface area (Å²) in [4.78, 5) is 8.64. The number of aromatic amines is 1. The molecular weight excluding hydrogens is 450 g/mol. The number of imidazole rings is 1. The second-order valence-electron chi connectivity index (χ2n) is 8.46. The van der Waals surface area contributed by atoms with Crippen LogP contribution < -0.4 is 5.46 Å². The lowest BCUT2D eigenvalue weighted by Gasteiger charge is -2.02. The molecule has 0 amide bonds. The van der Waals surface area contributed by atoms with Gasteiger partial charge in [-0.15, -0.1) is 11.3 Å². The number of nitrogens with zero attached hydrogens (tertiary/aromatic N) is 1. The van der Waals surface area contributed by atoms with Crippen molar-refractivity contribution >= 4 is 24.1 Å². The largest absolute Gasteiger partial charge is 0.348 e. The molecule has 1 N–H and O–H groups in total. The zero-order chi connectivity index (χ0) is 24.7. The third-order valence-corrected chi connectivity index (χ3v) is 6.84. The highest BCUT2D eigenvalue weighted by molar-refractivity contribution is 7.11. The van der Waals surface area contributed by atoms with Crippen LogP contribution in [-0.2, 0) is 25.7 Å². The molecular formula is C30H35BFN2S. The first-order valence-electron chi connectivity index (χ1n) is 12.5. The second kappa shape index (κ2) is 15.2. The molecule has 0 aliphatic carbocycles. The van der Waals surface area contributed by atoms with Crippen LogP contribution in [-0.4, -0.2) is 17.2 Å². The normalized spacial score (nSPS) is 10.8. The number of H-pyrrole nitrogens is 1. The van der Waals surface area contributed by atoms with E-state index >= 15 is 0 Å². The Balaban J connectivity index is 0.000000203. The van der Waals surface area contributed by atoms with Crippen LogP contribution in [0.3, 0.4) is 0 Å². The molecule has 2 heterocycles.